The zero-order chi connectivity index (χ0) is 17.0. The first-order valence-corrected chi connectivity index (χ1v) is 8.32. The Morgan fingerprint density at radius 1 is 1.09 bits per heavy atom. The van der Waals surface area contributed by atoms with E-state index in [0.29, 0.717) is 6.42 Å². The minimum atomic E-state index is 0.162. The molecule has 0 radical (unpaired) electrons. The molecular weight excluding hydrogens is 270 g/mol. The Morgan fingerprint density at radius 3 is 2.27 bits per heavy atom. The molecule has 1 aromatic carbocycles. The normalized spacial score (nSPS) is 12.7. The molecule has 0 aliphatic rings. The van der Waals surface area contributed by atoms with Crippen LogP contribution < -0.4 is 0 Å². The van der Waals surface area contributed by atoms with Gasteiger partial charge in [0.05, 0.1) is 0 Å². The van der Waals surface area contributed by atoms with Gasteiger partial charge < -0.3 is 4.90 Å². The van der Waals surface area contributed by atoms with Crippen LogP contribution in [0.1, 0.15) is 70.3 Å². The number of rotatable bonds is 6. The van der Waals surface area contributed by atoms with Gasteiger partial charge in [0.2, 0.25) is 0 Å². The average molecular weight is 303 g/mol. The van der Waals surface area contributed by atoms with Crippen LogP contribution in [0.4, 0.5) is 0 Å². The van der Waals surface area contributed by atoms with Crippen LogP contribution in [0.3, 0.4) is 0 Å². The van der Waals surface area contributed by atoms with Gasteiger partial charge in [-0.3, -0.25) is 4.79 Å². The monoisotopic (exact) mass is 303 g/mol. The van der Waals surface area contributed by atoms with Crippen LogP contribution in [0, 0.1) is 5.41 Å². The largest absolute Gasteiger partial charge is 0.302 e. The summed E-state index contributed by atoms with van der Waals surface area (Å²) in [6.45, 7) is 14.2. The molecule has 0 atom stereocenters. The Hall–Kier alpha value is -1.15. The van der Waals surface area contributed by atoms with E-state index >= 15 is 0 Å². The summed E-state index contributed by atoms with van der Waals surface area (Å²) in [6, 6.07) is 8.15. The van der Waals surface area contributed by atoms with Crippen LogP contribution in [-0.4, -0.2) is 29.8 Å². The second-order valence-electron chi connectivity index (χ2n) is 8.56. The minimum absolute atomic E-state index is 0.162. The van der Waals surface area contributed by atoms with Gasteiger partial charge >= 0.3 is 0 Å². The van der Waals surface area contributed by atoms with Crippen LogP contribution in [0.15, 0.2) is 24.3 Å². The Kier molecular flexibility index (Phi) is 6.37. The van der Waals surface area contributed by atoms with Crippen LogP contribution in [0.2, 0.25) is 0 Å². The average Bonchev–Trinajstić information content (AvgIpc) is 2.35. The van der Waals surface area contributed by atoms with Crippen molar-refractivity contribution in [2.75, 3.05) is 13.6 Å². The third kappa shape index (κ3) is 6.74. The topological polar surface area (TPSA) is 20.3 Å². The number of hydrogen-bond donors (Lipinski definition) is 0. The maximum absolute atomic E-state index is 12.4. The van der Waals surface area contributed by atoms with Crippen molar-refractivity contribution in [3.63, 3.8) is 0 Å². The zero-order valence-corrected chi connectivity index (χ0v) is 15.5. The van der Waals surface area contributed by atoms with Gasteiger partial charge in [-0.25, -0.2) is 0 Å². The molecule has 124 valence electrons. The molecule has 22 heavy (non-hydrogen) atoms. The highest BCUT2D eigenvalue weighted by molar-refractivity contribution is 5.96. The summed E-state index contributed by atoms with van der Waals surface area (Å²) >= 11 is 0. The van der Waals surface area contributed by atoms with E-state index in [1.807, 2.05) is 12.1 Å². The van der Waals surface area contributed by atoms with E-state index in [1.54, 1.807) is 0 Å². The number of hydrogen-bond acceptors (Lipinski definition) is 2. The van der Waals surface area contributed by atoms with E-state index in [9.17, 15) is 4.79 Å². The molecular formula is C20H33NO. The van der Waals surface area contributed by atoms with Crippen molar-refractivity contribution in [2.45, 2.75) is 66.3 Å². The van der Waals surface area contributed by atoms with E-state index in [4.69, 9.17) is 0 Å². The number of carbonyl (C=O) groups is 1. The molecule has 1 rings (SSSR count). The molecule has 0 aliphatic carbocycles. The number of Topliss-reactive ketones (excluding diaryl/α,β-unsaturated/α-hetero) is 1. The smallest absolute Gasteiger partial charge is 0.162 e. The SMILES string of the molecule is CN(CCCC(=O)c1cccc(CC(C)(C)C)c1)C(C)(C)C. The van der Waals surface area contributed by atoms with Crippen molar-refractivity contribution in [1.82, 2.24) is 4.90 Å². The molecule has 1 aromatic rings. The Balaban J connectivity index is 2.58. The van der Waals surface area contributed by atoms with Gasteiger partial charge in [-0.1, -0.05) is 39.0 Å². The summed E-state index contributed by atoms with van der Waals surface area (Å²) in [5.74, 6) is 0.262. The van der Waals surface area contributed by atoms with Crippen molar-refractivity contribution >= 4 is 5.78 Å². The van der Waals surface area contributed by atoms with Crippen molar-refractivity contribution < 1.29 is 4.79 Å². The van der Waals surface area contributed by atoms with Gasteiger partial charge in [0.1, 0.15) is 0 Å². The van der Waals surface area contributed by atoms with Gasteiger partial charge in [0.15, 0.2) is 5.78 Å². The molecule has 0 saturated heterocycles. The van der Waals surface area contributed by atoms with E-state index in [0.717, 1.165) is 24.9 Å². The van der Waals surface area contributed by atoms with E-state index < -0.39 is 0 Å². The van der Waals surface area contributed by atoms with Gasteiger partial charge in [-0.2, -0.15) is 0 Å². The van der Waals surface area contributed by atoms with Crippen molar-refractivity contribution in [3.05, 3.63) is 35.4 Å². The molecule has 0 fully saturated rings. The molecule has 0 aliphatic heterocycles. The van der Waals surface area contributed by atoms with Crippen LogP contribution in [0.25, 0.3) is 0 Å². The fourth-order valence-corrected chi connectivity index (χ4v) is 2.42. The third-order valence-electron chi connectivity index (χ3n) is 4.03. The molecule has 2 heteroatoms. The molecule has 0 N–H and O–H groups in total. The summed E-state index contributed by atoms with van der Waals surface area (Å²) in [5, 5.41) is 0. The predicted octanol–water partition coefficient (Wildman–Crippen LogP) is 4.97. The van der Waals surface area contributed by atoms with E-state index in [2.05, 4.69) is 65.6 Å². The summed E-state index contributed by atoms with van der Waals surface area (Å²) in [7, 11) is 2.12. The van der Waals surface area contributed by atoms with Crippen molar-refractivity contribution in [2.24, 2.45) is 5.41 Å². The lowest BCUT2D eigenvalue weighted by molar-refractivity contribution is 0.0966. The molecule has 0 amide bonds. The summed E-state index contributed by atoms with van der Waals surface area (Å²) in [5.41, 5.74) is 2.53. The molecule has 0 bridgehead atoms. The van der Waals surface area contributed by atoms with Crippen LogP contribution in [-0.2, 0) is 6.42 Å². The molecule has 0 saturated carbocycles. The van der Waals surface area contributed by atoms with E-state index in [1.165, 1.54) is 5.56 Å². The lowest BCUT2D eigenvalue weighted by Crippen LogP contribution is -2.38. The molecule has 0 spiro atoms. The molecule has 2 nitrogen and oxygen atoms in total. The fraction of sp³-hybridized carbons (Fsp3) is 0.650. The van der Waals surface area contributed by atoms with Gasteiger partial charge in [0.25, 0.3) is 0 Å². The standard InChI is InChI=1S/C20H33NO/c1-19(2,3)15-16-10-8-11-17(14-16)18(22)12-9-13-21(7)20(4,5)6/h8,10-11,14H,9,12-13,15H2,1-7H3. The second kappa shape index (κ2) is 7.41. The number of nitrogens with zero attached hydrogens (tertiary/aromatic N) is 1. The Labute approximate surface area is 136 Å². The molecule has 0 heterocycles. The van der Waals surface area contributed by atoms with Gasteiger partial charge in [0, 0.05) is 17.5 Å². The molecule has 0 unspecified atom stereocenters. The number of ketones is 1. The first-order valence-electron chi connectivity index (χ1n) is 8.32. The zero-order valence-electron chi connectivity index (χ0n) is 15.5. The van der Waals surface area contributed by atoms with Gasteiger partial charge in [-0.05, 0) is 64.3 Å². The highest BCUT2D eigenvalue weighted by atomic mass is 16.1. The van der Waals surface area contributed by atoms with Crippen molar-refractivity contribution in [1.29, 1.82) is 0 Å². The molecule has 0 aromatic heterocycles. The Bertz CT molecular complexity index is 491. The van der Waals surface area contributed by atoms with Gasteiger partial charge in [-0.15, -0.1) is 0 Å². The quantitative estimate of drug-likeness (QED) is 0.692. The highest BCUT2D eigenvalue weighted by Crippen LogP contribution is 2.21. The van der Waals surface area contributed by atoms with Crippen LogP contribution >= 0.6 is 0 Å². The predicted molar refractivity (Wildman–Crippen MR) is 95.5 cm³/mol. The first kappa shape index (κ1) is 18.9. The maximum Gasteiger partial charge on any atom is 0.162 e. The second-order valence-corrected chi connectivity index (χ2v) is 8.56. The van der Waals surface area contributed by atoms with Crippen molar-refractivity contribution in [3.8, 4) is 0 Å². The summed E-state index contributed by atoms with van der Waals surface area (Å²) in [6.07, 6.45) is 2.54. The number of benzene rings is 1. The lowest BCUT2D eigenvalue weighted by atomic mass is 9.87. The third-order valence-corrected chi connectivity index (χ3v) is 4.03. The maximum atomic E-state index is 12.4. The minimum Gasteiger partial charge on any atom is -0.302 e. The summed E-state index contributed by atoms with van der Waals surface area (Å²) in [4.78, 5) is 14.7. The van der Waals surface area contributed by atoms with Crippen LogP contribution in [0.5, 0.6) is 0 Å². The van der Waals surface area contributed by atoms with E-state index in [-0.39, 0.29) is 16.7 Å². The lowest BCUT2D eigenvalue weighted by Gasteiger charge is -2.31. The highest BCUT2D eigenvalue weighted by Gasteiger charge is 2.17. The number of carbonyl (C=O) groups excluding carboxylic acids is 1. The fourth-order valence-electron chi connectivity index (χ4n) is 2.42. The summed E-state index contributed by atoms with van der Waals surface area (Å²) < 4.78 is 0. The first-order chi connectivity index (χ1) is 9.99. The Morgan fingerprint density at radius 2 is 1.73 bits per heavy atom.